The van der Waals surface area contributed by atoms with E-state index in [9.17, 15) is 0 Å². The predicted molar refractivity (Wildman–Crippen MR) is 87.3 cm³/mol. The van der Waals surface area contributed by atoms with Gasteiger partial charge in [0.05, 0.1) is 0 Å². The summed E-state index contributed by atoms with van der Waals surface area (Å²) in [7, 11) is 0. The van der Waals surface area contributed by atoms with Crippen molar-refractivity contribution < 1.29 is 0 Å². The molecule has 104 valence electrons. The highest BCUT2D eigenvalue weighted by atomic mass is 79.9. The van der Waals surface area contributed by atoms with E-state index in [1.165, 1.54) is 6.42 Å². The number of hydrogen-bond donors (Lipinski definition) is 0. The molecule has 0 saturated carbocycles. The van der Waals surface area contributed by atoms with E-state index in [4.69, 9.17) is 4.98 Å². The molecule has 1 fully saturated rings. The fraction of sp³-hybridized carbons (Fsp3) is 0.188. The smallest absolute Gasteiger partial charge is 0.159 e. The largest absolute Gasteiger partial charge is 0.355 e. The second-order valence-corrected chi connectivity index (χ2v) is 6.03. The van der Waals surface area contributed by atoms with Crippen LogP contribution in [0.4, 0.5) is 5.82 Å². The van der Waals surface area contributed by atoms with Gasteiger partial charge in [-0.05, 0) is 24.6 Å². The molecule has 2 aromatic heterocycles. The Kier molecular flexibility index (Phi) is 3.07. The average molecular weight is 341 g/mol. The van der Waals surface area contributed by atoms with E-state index < -0.39 is 0 Å². The lowest BCUT2D eigenvalue weighted by Gasteiger charge is -2.32. The molecule has 0 atom stereocenters. The topological polar surface area (TPSA) is 41.9 Å². The first kappa shape index (κ1) is 12.7. The van der Waals surface area contributed by atoms with Crippen LogP contribution in [0.25, 0.3) is 22.3 Å². The molecule has 3 aromatic rings. The van der Waals surface area contributed by atoms with Gasteiger partial charge in [-0.25, -0.2) is 15.0 Å². The molecule has 1 aromatic carbocycles. The average Bonchev–Trinajstić information content (AvgIpc) is 2.45. The van der Waals surface area contributed by atoms with Gasteiger partial charge >= 0.3 is 0 Å². The van der Waals surface area contributed by atoms with Gasteiger partial charge < -0.3 is 4.90 Å². The third-order valence-corrected chi connectivity index (χ3v) is 4.21. The number of fused-ring (bicyclic) bond motifs is 1. The van der Waals surface area contributed by atoms with Crippen LogP contribution >= 0.6 is 15.9 Å². The van der Waals surface area contributed by atoms with Crippen molar-refractivity contribution in [1.29, 1.82) is 0 Å². The number of nitrogens with zero attached hydrogens (tertiary/aromatic N) is 4. The number of rotatable bonds is 2. The summed E-state index contributed by atoms with van der Waals surface area (Å²) < 4.78 is 1.03. The Morgan fingerprint density at radius 2 is 2.00 bits per heavy atom. The summed E-state index contributed by atoms with van der Waals surface area (Å²) in [4.78, 5) is 16.0. The number of anilines is 1. The molecular weight excluding hydrogens is 328 g/mol. The molecule has 0 aliphatic carbocycles. The summed E-state index contributed by atoms with van der Waals surface area (Å²) in [5, 5.41) is 1.03. The first-order valence-electron chi connectivity index (χ1n) is 6.94. The summed E-state index contributed by atoms with van der Waals surface area (Å²) in [6, 6.07) is 10.00. The van der Waals surface area contributed by atoms with Crippen molar-refractivity contribution in [1.82, 2.24) is 15.0 Å². The van der Waals surface area contributed by atoms with Crippen LogP contribution in [-0.4, -0.2) is 28.0 Å². The van der Waals surface area contributed by atoms with Crippen LogP contribution in [0.15, 0.2) is 47.2 Å². The monoisotopic (exact) mass is 340 g/mol. The first-order valence-corrected chi connectivity index (χ1v) is 7.73. The van der Waals surface area contributed by atoms with E-state index in [0.717, 1.165) is 45.7 Å². The minimum absolute atomic E-state index is 0.735. The van der Waals surface area contributed by atoms with E-state index in [0.29, 0.717) is 0 Å². The maximum atomic E-state index is 4.75. The van der Waals surface area contributed by atoms with E-state index >= 15 is 0 Å². The number of benzene rings is 1. The molecule has 1 saturated heterocycles. The molecule has 5 heteroatoms. The molecule has 1 aliphatic rings. The lowest BCUT2D eigenvalue weighted by Crippen LogP contribution is -2.37. The number of hydrogen-bond acceptors (Lipinski definition) is 4. The van der Waals surface area contributed by atoms with Crippen LogP contribution in [0.2, 0.25) is 0 Å². The Morgan fingerprint density at radius 1 is 1.10 bits per heavy atom. The molecular formula is C16H13BrN4. The molecule has 0 bridgehead atoms. The Labute approximate surface area is 131 Å². The van der Waals surface area contributed by atoms with Crippen LogP contribution < -0.4 is 4.90 Å². The van der Waals surface area contributed by atoms with Crippen molar-refractivity contribution >= 4 is 32.7 Å². The third-order valence-electron chi connectivity index (χ3n) is 3.72. The van der Waals surface area contributed by atoms with Crippen LogP contribution in [0.5, 0.6) is 0 Å². The van der Waals surface area contributed by atoms with Gasteiger partial charge in [-0.1, -0.05) is 28.1 Å². The highest BCUT2D eigenvalue weighted by Crippen LogP contribution is 2.28. The van der Waals surface area contributed by atoms with Gasteiger partial charge in [0.25, 0.3) is 0 Å². The summed E-state index contributed by atoms with van der Waals surface area (Å²) >= 11 is 3.49. The highest BCUT2D eigenvalue weighted by Gasteiger charge is 2.19. The third kappa shape index (κ3) is 2.27. The van der Waals surface area contributed by atoms with Crippen LogP contribution in [0.1, 0.15) is 6.42 Å². The van der Waals surface area contributed by atoms with E-state index in [-0.39, 0.29) is 0 Å². The molecule has 21 heavy (non-hydrogen) atoms. The van der Waals surface area contributed by atoms with Gasteiger partial charge in [0, 0.05) is 40.9 Å². The fourth-order valence-electron chi connectivity index (χ4n) is 2.47. The molecule has 0 unspecified atom stereocenters. The first-order chi connectivity index (χ1) is 10.3. The minimum atomic E-state index is 0.735. The van der Waals surface area contributed by atoms with Crippen LogP contribution in [0.3, 0.4) is 0 Å². The Hall–Kier alpha value is -2.01. The molecule has 0 N–H and O–H groups in total. The SMILES string of the molecule is Brc1cccc(-c2ncc3ccnc(N4CCC4)c3n2)c1. The second kappa shape index (κ2) is 5.07. The lowest BCUT2D eigenvalue weighted by molar-refractivity contribution is 0.611. The molecule has 0 amide bonds. The molecule has 3 heterocycles. The van der Waals surface area contributed by atoms with Gasteiger partial charge in [-0.2, -0.15) is 0 Å². The number of pyridine rings is 1. The van der Waals surface area contributed by atoms with Gasteiger partial charge in [0.1, 0.15) is 5.52 Å². The van der Waals surface area contributed by atoms with Gasteiger partial charge in [0.2, 0.25) is 0 Å². The quantitative estimate of drug-likeness (QED) is 0.713. The Balaban J connectivity index is 1.88. The van der Waals surface area contributed by atoms with E-state index in [2.05, 4.69) is 30.8 Å². The molecule has 4 rings (SSSR count). The van der Waals surface area contributed by atoms with Crippen molar-refractivity contribution in [2.75, 3.05) is 18.0 Å². The van der Waals surface area contributed by atoms with E-state index in [1.807, 2.05) is 42.7 Å². The van der Waals surface area contributed by atoms with E-state index in [1.54, 1.807) is 0 Å². The minimum Gasteiger partial charge on any atom is -0.355 e. The summed E-state index contributed by atoms with van der Waals surface area (Å²) in [6.07, 6.45) is 4.93. The summed E-state index contributed by atoms with van der Waals surface area (Å²) in [5.41, 5.74) is 1.94. The maximum absolute atomic E-state index is 4.75. The highest BCUT2D eigenvalue weighted by molar-refractivity contribution is 9.10. The molecule has 4 nitrogen and oxygen atoms in total. The van der Waals surface area contributed by atoms with Crippen molar-refractivity contribution in [3.63, 3.8) is 0 Å². The fourth-order valence-corrected chi connectivity index (χ4v) is 2.87. The zero-order valence-electron chi connectivity index (χ0n) is 11.3. The normalized spacial score (nSPS) is 14.2. The molecule has 0 radical (unpaired) electrons. The maximum Gasteiger partial charge on any atom is 0.159 e. The number of halogens is 1. The molecule has 1 aliphatic heterocycles. The zero-order valence-corrected chi connectivity index (χ0v) is 12.9. The van der Waals surface area contributed by atoms with Crippen molar-refractivity contribution in [3.8, 4) is 11.4 Å². The van der Waals surface area contributed by atoms with Crippen molar-refractivity contribution in [2.45, 2.75) is 6.42 Å². The van der Waals surface area contributed by atoms with Crippen LogP contribution in [-0.2, 0) is 0 Å². The Morgan fingerprint density at radius 3 is 2.76 bits per heavy atom. The van der Waals surface area contributed by atoms with Gasteiger partial charge in [-0.15, -0.1) is 0 Å². The number of aromatic nitrogens is 3. The van der Waals surface area contributed by atoms with Crippen molar-refractivity contribution in [3.05, 3.63) is 47.2 Å². The van der Waals surface area contributed by atoms with Gasteiger partial charge in [0.15, 0.2) is 11.6 Å². The predicted octanol–water partition coefficient (Wildman–Crippen LogP) is 3.66. The summed E-state index contributed by atoms with van der Waals surface area (Å²) in [6.45, 7) is 2.12. The second-order valence-electron chi connectivity index (χ2n) is 5.12. The van der Waals surface area contributed by atoms with Gasteiger partial charge in [-0.3, -0.25) is 0 Å². The van der Waals surface area contributed by atoms with Crippen LogP contribution in [0, 0.1) is 0 Å². The Bertz CT molecular complexity index is 814. The lowest BCUT2D eigenvalue weighted by atomic mass is 10.2. The molecule has 0 spiro atoms. The zero-order chi connectivity index (χ0) is 14.2. The van der Waals surface area contributed by atoms with Crippen molar-refractivity contribution in [2.24, 2.45) is 0 Å². The standard InChI is InChI=1S/C16H13BrN4/c17-13-4-1-3-11(9-13)15-19-10-12-5-6-18-16(14(12)20-15)21-7-2-8-21/h1,3-6,9-10H,2,7-8H2. The summed E-state index contributed by atoms with van der Waals surface area (Å²) in [5.74, 6) is 1.70.